The van der Waals surface area contributed by atoms with E-state index in [-0.39, 0.29) is 0 Å². The summed E-state index contributed by atoms with van der Waals surface area (Å²) in [5, 5.41) is 0. The van der Waals surface area contributed by atoms with E-state index < -0.39 is 7.32 Å². The van der Waals surface area contributed by atoms with E-state index in [4.69, 9.17) is 0 Å². The summed E-state index contributed by atoms with van der Waals surface area (Å²) in [6.45, 7) is 0. The van der Waals surface area contributed by atoms with E-state index in [9.17, 15) is 0 Å². The summed E-state index contributed by atoms with van der Waals surface area (Å²) in [7, 11) is 4.02. The molecule has 42 valence electrons. The van der Waals surface area contributed by atoms with Gasteiger partial charge < -0.3 is 14.0 Å². The maximum atomic E-state index is 4.60. The molecule has 7 heavy (non-hydrogen) atoms. The Labute approximate surface area is 43.7 Å². The highest BCUT2D eigenvalue weighted by molar-refractivity contribution is 6.36. The lowest BCUT2D eigenvalue weighted by Gasteiger charge is -2.01. The van der Waals surface area contributed by atoms with Crippen molar-refractivity contribution in [3.05, 3.63) is 0 Å². The van der Waals surface area contributed by atoms with E-state index in [0.717, 1.165) is 0 Å². The summed E-state index contributed by atoms with van der Waals surface area (Å²) in [6.07, 6.45) is 0. The third-order valence-corrected chi connectivity index (χ3v) is 0.577. The predicted octanol–water partition coefficient (Wildman–Crippen LogP) is -0.0895. The Morgan fingerprint density at radius 1 is 0.857 bits per heavy atom. The second kappa shape index (κ2) is 4.11. The first kappa shape index (κ1) is 6.94. The molecular weight excluding hydrogens is 94.0 g/mol. The molecule has 0 unspecified atom stereocenters. The quantitative estimate of drug-likeness (QED) is 0.467. The van der Waals surface area contributed by atoms with Crippen LogP contribution in [-0.4, -0.2) is 28.7 Å². The van der Waals surface area contributed by atoms with E-state index in [2.05, 4.69) is 14.0 Å². The van der Waals surface area contributed by atoms with Crippen LogP contribution in [0, 0.1) is 0 Å². The highest BCUT2D eigenvalue weighted by Crippen LogP contribution is 1.81. The normalized spacial score (nSPS) is 9.00. The minimum Gasteiger partial charge on any atom is -0.389 e. The molecule has 0 aromatic heterocycles. The number of hydrogen-bond acceptors (Lipinski definition) is 3. The molecule has 0 fully saturated rings. The summed E-state index contributed by atoms with van der Waals surface area (Å²) in [6, 6.07) is 0. The van der Waals surface area contributed by atoms with Crippen LogP contribution < -0.4 is 0 Å². The van der Waals surface area contributed by atoms with E-state index >= 15 is 0 Å². The van der Waals surface area contributed by atoms with E-state index in [1.807, 2.05) is 0 Å². The van der Waals surface area contributed by atoms with Gasteiger partial charge in [-0.25, -0.2) is 0 Å². The standard InChI is InChI=1S/C3H9BO3/c1-5-4(6-2)7-3/h1-3H3/i4-1. The van der Waals surface area contributed by atoms with Gasteiger partial charge >= 0.3 is 7.32 Å². The van der Waals surface area contributed by atoms with Crippen LogP contribution in [0.4, 0.5) is 0 Å². The molecule has 0 radical (unpaired) electrons. The molecule has 0 atom stereocenters. The van der Waals surface area contributed by atoms with Crippen LogP contribution in [-0.2, 0) is 14.0 Å². The van der Waals surface area contributed by atoms with Gasteiger partial charge in [0.25, 0.3) is 0 Å². The highest BCUT2D eigenvalue weighted by Gasteiger charge is 2.12. The number of rotatable bonds is 3. The molecule has 0 spiro atoms. The molecule has 3 nitrogen and oxygen atoms in total. The van der Waals surface area contributed by atoms with Crippen LogP contribution in [0.25, 0.3) is 0 Å². The predicted molar refractivity (Wildman–Crippen MR) is 26.8 cm³/mol. The lowest BCUT2D eigenvalue weighted by atomic mass is 9.52. The van der Waals surface area contributed by atoms with Crippen LogP contribution in [0.3, 0.4) is 0 Å². The van der Waals surface area contributed by atoms with Crippen LogP contribution >= 0.6 is 0 Å². The Morgan fingerprint density at radius 2 is 1.14 bits per heavy atom. The van der Waals surface area contributed by atoms with Crippen LogP contribution in [0.5, 0.6) is 0 Å². The van der Waals surface area contributed by atoms with E-state index in [0.29, 0.717) is 0 Å². The zero-order valence-electron chi connectivity index (χ0n) is 4.80. The molecule has 0 aliphatic heterocycles. The van der Waals surface area contributed by atoms with E-state index in [1.165, 1.54) is 21.3 Å². The van der Waals surface area contributed by atoms with Crippen molar-refractivity contribution in [3.8, 4) is 0 Å². The fourth-order valence-corrected chi connectivity index (χ4v) is 0.289. The smallest absolute Gasteiger partial charge is 0.389 e. The first-order valence-corrected chi connectivity index (χ1v) is 1.93. The molecule has 0 N–H and O–H groups in total. The fraction of sp³-hybridized carbons (Fsp3) is 1.00. The molecule has 0 aromatic carbocycles. The fourth-order valence-electron chi connectivity index (χ4n) is 0.289. The molecule has 0 rings (SSSR count). The zero-order chi connectivity index (χ0) is 5.70. The van der Waals surface area contributed by atoms with Crippen LogP contribution in [0.15, 0.2) is 0 Å². The molecule has 0 saturated heterocycles. The van der Waals surface area contributed by atoms with Gasteiger partial charge in [0.15, 0.2) is 0 Å². The Morgan fingerprint density at radius 3 is 1.14 bits per heavy atom. The van der Waals surface area contributed by atoms with Crippen LogP contribution in [0.2, 0.25) is 0 Å². The lowest BCUT2D eigenvalue weighted by molar-refractivity contribution is 0.163. The van der Waals surface area contributed by atoms with Gasteiger partial charge in [-0.15, -0.1) is 0 Å². The molecule has 0 amide bonds. The highest BCUT2D eigenvalue weighted by atomic mass is 16.7. The van der Waals surface area contributed by atoms with Crippen molar-refractivity contribution in [3.63, 3.8) is 0 Å². The van der Waals surface area contributed by atoms with Crippen molar-refractivity contribution < 1.29 is 14.0 Å². The summed E-state index contributed by atoms with van der Waals surface area (Å²) in [5.41, 5.74) is 0. The van der Waals surface area contributed by atoms with Gasteiger partial charge in [-0.3, -0.25) is 0 Å². The SMILES string of the molecule is CO[10B](OC)OC. The first-order valence-electron chi connectivity index (χ1n) is 1.93. The van der Waals surface area contributed by atoms with Gasteiger partial charge in [-0.2, -0.15) is 0 Å². The van der Waals surface area contributed by atoms with Gasteiger partial charge in [0, 0.05) is 21.3 Å². The molecule has 0 heterocycles. The van der Waals surface area contributed by atoms with Crippen molar-refractivity contribution in [2.24, 2.45) is 0 Å². The van der Waals surface area contributed by atoms with Gasteiger partial charge in [-0.05, 0) is 0 Å². The molecule has 0 saturated carbocycles. The van der Waals surface area contributed by atoms with Gasteiger partial charge in [0.1, 0.15) is 0 Å². The average Bonchev–Trinajstić information content (AvgIpc) is 1.72. The third-order valence-electron chi connectivity index (χ3n) is 0.577. The minimum atomic E-state index is -0.514. The monoisotopic (exact) mass is 103 g/mol. The Hall–Kier alpha value is -0.0551. The maximum Gasteiger partial charge on any atom is 0.638 e. The van der Waals surface area contributed by atoms with Crippen molar-refractivity contribution in [1.82, 2.24) is 0 Å². The van der Waals surface area contributed by atoms with Crippen molar-refractivity contribution >= 4 is 7.32 Å². The largest absolute Gasteiger partial charge is 0.638 e. The Bertz CT molecular complexity index is 31.7. The molecule has 4 heteroatoms. The molecular formula is C3H9BO3. The summed E-state index contributed by atoms with van der Waals surface area (Å²) in [4.78, 5) is 0. The van der Waals surface area contributed by atoms with Gasteiger partial charge in [0.2, 0.25) is 0 Å². The molecule has 0 aromatic rings. The summed E-state index contributed by atoms with van der Waals surface area (Å²) in [5.74, 6) is 0. The van der Waals surface area contributed by atoms with Crippen molar-refractivity contribution in [1.29, 1.82) is 0 Å². The topological polar surface area (TPSA) is 27.7 Å². The Kier molecular flexibility index (Phi) is 4.08. The third kappa shape index (κ3) is 2.62. The zero-order valence-corrected chi connectivity index (χ0v) is 4.80. The molecule has 0 aliphatic carbocycles. The van der Waals surface area contributed by atoms with Crippen molar-refractivity contribution in [2.75, 3.05) is 21.3 Å². The van der Waals surface area contributed by atoms with E-state index in [1.54, 1.807) is 0 Å². The number of hydrogen-bond donors (Lipinski definition) is 0. The summed E-state index contributed by atoms with van der Waals surface area (Å²) < 4.78 is 13.8. The molecule has 0 aliphatic rings. The average molecular weight is 103 g/mol. The van der Waals surface area contributed by atoms with Gasteiger partial charge in [-0.1, -0.05) is 0 Å². The maximum absolute atomic E-state index is 4.60. The second-order valence-electron chi connectivity index (χ2n) is 0.996. The summed E-state index contributed by atoms with van der Waals surface area (Å²) >= 11 is 0. The minimum absolute atomic E-state index is 0.514. The van der Waals surface area contributed by atoms with Crippen LogP contribution in [0.1, 0.15) is 0 Å². The first-order chi connectivity index (χ1) is 3.35. The molecule has 0 bridgehead atoms. The van der Waals surface area contributed by atoms with Gasteiger partial charge in [0.05, 0.1) is 0 Å². The second-order valence-corrected chi connectivity index (χ2v) is 0.996. The lowest BCUT2D eigenvalue weighted by Crippen LogP contribution is -2.21. The Balaban J connectivity index is 2.99. The van der Waals surface area contributed by atoms with Crippen molar-refractivity contribution in [2.45, 2.75) is 0 Å².